The number of anilines is 1. The lowest BCUT2D eigenvalue weighted by molar-refractivity contribution is -0.122. The topological polar surface area (TPSA) is 73.5 Å². The molecule has 1 aromatic rings. The van der Waals surface area contributed by atoms with Gasteiger partial charge in [-0.3, -0.25) is 20.4 Å². The molecule has 6 nitrogen and oxygen atoms in total. The van der Waals surface area contributed by atoms with Gasteiger partial charge >= 0.3 is 0 Å². The molecule has 0 aliphatic carbocycles. The van der Waals surface area contributed by atoms with Crippen molar-refractivity contribution in [3.05, 3.63) is 29.3 Å². The molecular formula is C12H13ClN4O2S2. The molecule has 1 aromatic carbocycles. The molecule has 2 rings (SSSR count). The predicted octanol–water partition coefficient (Wildman–Crippen LogP) is 1.83. The summed E-state index contributed by atoms with van der Waals surface area (Å²) in [7, 11) is 0. The van der Waals surface area contributed by atoms with Crippen LogP contribution >= 0.6 is 35.6 Å². The molecule has 112 valence electrons. The zero-order chi connectivity index (χ0) is 15.2. The van der Waals surface area contributed by atoms with Crippen LogP contribution in [0, 0.1) is 0 Å². The summed E-state index contributed by atoms with van der Waals surface area (Å²) in [6, 6.07) is 6.97. The highest BCUT2D eigenvalue weighted by Gasteiger charge is 2.23. The summed E-state index contributed by atoms with van der Waals surface area (Å²) in [6.07, 6.45) is 0. The normalized spacial score (nSPS) is 14.0. The van der Waals surface area contributed by atoms with Gasteiger partial charge in [-0.1, -0.05) is 23.4 Å². The fraction of sp³-hybridized carbons (Fsp3) is 0.250. The Balaban J connectivity index is 1.72. The Bertz CT molecular complexity index is 553. The van der Waals surface area contributed by atoms with Crippen LogP contribution in [-0.4, -0.2) is 40.0 Å². The highest BCUT2D eigenvalue weighted by molar-refractivity contribution is 8.13. The molecule has 0 saturated carbocycles. The summed E-state index contributed by atoms with van der Waals surface area (Å²) in [5, 5.41) is 3.68. The monoisotopic (exact) mass is 344 g/mol. The Morgan fingerprint density at radius 1 is 1.33 bits per heavy atom. The second-order valence-corrected chi connectivity index (χ2v) is 6.06. The molecule has 0 aromatic heterocycles. The smallest absolute Gasteiger partial charge is 0.282 e. The number of benzene rings is 1. The van der Waals surface area contributed by atoms with Gasteiger partial charge in [-0.05, 0) is 36.5 Å². The minimum Gasteiger partial charge on any atom is -0.331 e. The lowest BCUT2D eigenvalue weighted by Gasteiger charge is -2.15. The number of thioether (sulfide) groups is 1. The van der Waals surface area contributed by atoms with Crippen LogP contribution in [0.15, 0.2) is 24.3 Å². The number of hydrazine groups is 1. The number of nitrogens with zero attached hydrogens (tertiary/aromatic N) is 1. The van der Waals surface area contributed by atoms with Crippen LogP contribution in [0.1, 0.15) is 0 Å². The standard InChI is InChI=1S/C12H13ClN4O2S2/c13-8-1-3-9(4-2-8)14-11(20)16-15-10(18)7-17-5-6-21-12(17)19/h1-4H,5-7H2,(H,15,18)(H2,14,16,20). The molecule has 2 amide bonds. The Morgan fingerprint density at radius 3 is 2.67 bits per heavy atom. The van der Waals surface area contributed by atoms with Crippen LogP contribution < -0.4 is 16.2 Å². The summed E-state index contributed by atoms with van der Waals surface area (Å²) in [5.74, 6) is 0.391. The van der Waals surface area contributed by atoms with E-state index in [1.54, 1.807) is 24.3 Å². The molecule has 1 heterocycles. The first kappa shape index (κ1) is 15.9. The quantitative estimate of drug-likeness (QED) is 0.574. The third-order valence-corrected chi connectivity index (χ3v) is 3.94. The van der Waals surface area contributed by atoms with Crippen LogP contribution in [0.25, 0.3) is 0 Å². The summed E-state index contributed by atoms with van der Waals surface area (Å²) < 4.78 is 0. The molecule has 21 heavy (non-hydrogen) atoms. The molecule has 1 saturated heterocycles. The second-order valence-electron chi connectivity index (χ2n) is 4.17. The van der Waals surface area contributed by atoms with Gasteiger partial charge in [0.15, 0.2) is 5.11 Å². The van der Waals surface area contributed by atoms with Crippen molar-refractivity contribution < 1.29 is 9.59 Å². The van der Waals surface area contributed by atoms with Gasteiger partial charge in [-0.25, -0.2) is 0 Å². The van der Waals surface area contributed by atoms with Gasteiger partial charge in [0.25, 0.3) is 11.1 Å². The molecule has 9 heteroatoms. The lowest BCUT2D eigenvalue weighted by atomic mass is 10.3. The fourth-order valence-corrected chi connectivity index (χ4v) is 2.72. The van der Waals surface area contributed by atoms with Crippen molar-refractivity contribution >= 4 is 57.5 Å². The van der Waals surface area contributed by atoms with E-state index in [4.69, 9.17) is 23.8 Å². The van der Waals surface area contributed by atoms with Gasteiger partial charge in [0.1, 0.15) is 6.54 Å². The van der Waals surface area contributed by atoms with Crippen molar-refractivity contribution in [2.45, 2.75) is 0 Å². The largest absolute Gasteiger partial charge is 0.331 e. The van der Waals surface area contributed by atoms with E-state index in [0.717, 1.165) is 11.4 Å². The highest BCUT2D eigenvalue weighted by atomic mass is 35.5. The molecule has 0 bridgehead atoms. The van der Waals surface area contributed by atoms with Gasteiger partial charge < -0.3 is 10.2 Å². The van der Waals surface area contributed by atoms with Crippen LogP contribution in [0.2, 0.25) is 5.02 Å². The maximum absolute atomic E-state index is 11.7. The number of rotatable bonds is 3. The minimum atomic E-state index is -0.328. The number of carbonyl (C=O) groups excluding carboxylic acids is 2. The van der Waals surface area contributed by atoms with Gasteiger partial charge in [0.05, 0.1) is 0 Å². The minimum absolute atomic E-state index is 0.0163. The molecule has 0 spiro atoms. The first-order chi connectivity index (χ1) is 10.0. The molecule has 0 atom stereocenters. The first-order valence-electron chi connectivity index (χ1n) is 6.08. The average molecular weight is 345 g/mol. The molecule has 0 radical (unpaired) electrons. The Morgan fingerprint density at radius 2 is 2.05 bits per heavy atom. The Hall–Kier alpha value is -1.51. The van der Waals surface area contributed by atoms with E-state index in [1.807, 2.05) is 0 Å². The van der Waals surface area contributed by atoms with E-state index in [9.17, 15) is 9.59 Å². The number of thiocarbonyl (C=S) groups is 1. The van der Waals surface area contributed by atoms with Gasteiger partial charge in [-0.2, -0.15) is 0 Å². The van der Waals surface area contributed by atoms with E-state index in [0.29, 0.717) is 11.6 Å². The highest BCUT2D eigenvalue weighted by Crippen LogP contribution is 2.16. The van der Waals surface area contributed by atoms with Crippen molar-refractivity contribution in [2.75, 3.05) is 24.2 Å². The van der Waals surface area contributed by atoms with Gasteiger partial charge in [-0.15, -0.1) is 0 Å². The third-order valence-electron chi connectivity index (χ3n) is 2.60. The van der Waals surface area contributed by atoms with Crippen molar-refractivity contribution in [1.82, 2.24) is 15.8 Å². The van der Waals surface area contributed by atoms with E-state index in [1.165, 1.54) is 16.7 Å². The second kappa shape index (κ2) is 7.48. The maximum Gasteiger partial charge on any atom is 0.282 e. The van der Waals surface area contributed by atoms with Crippen LogP contribution in [-0.2, 0) is 4.79 Å². The van der Waals surface area contributed by atoms with Crippen LogP contribution in [0.3, 0.4) is 0 Å². The van der Waals surface area contributed by atoms with Gasteiger partial charge in [0, 0.05) is 23.0 Å². The van der Waals surface area contributed by atoms with Gasteiger partial charge in [0.2, 0.25) is 0 Å². The van der Waals surface area contributed by atoms with Crippen molar-refractivity contribution in [3.63, 3.8) is 0 Å². The summed E-state index contributed by atoms with van der Waals surface area (Å²) in [4.78, 5) is 24.5. The lowest BCUT2D eigenvalue weighted by Crippen LogP contribution is -2.47. The molecule has 1 aliphatic rings. The fourth-order valence-electron chi connectivity index (χ4n) is 1.60. The molecular weight excluding hydrogens is 332 g/mol. The van der Waals surface area contributed by atoms with Crippen molar-refractivity contribution in [3.8, 4) is 0 Å². The molecule has 0 unspecified atom stereocenters. The summed E-state index contributed by atoms with van der Waals surface area (Å²) >= 11 is 12.0. The maximum atomic E-state index is 11.7. The van der Waals surface area contributed by atoms with Crippen molar-refractivity contribution in [1.29, 1.82) is 0 Å². The number of hydrogen-bond acceptors (Lipinski definition) is 4. The number of hydrogen-bond donors (Lipinski definition) is 3. The van der Waals surface area contributed by atoms with Crippen molar-refractivity contribution in [2.24, 2.45) is 0 Å². The molecule has 1 fully saturated rings. The Labute approximate surface area is 136 Å². The zero-order valence-corrected chi connectivity index (χ0v) is 13.3. The van der Waals surface area contributed by atoms with E-state index >= 15 is 0 Å². The third kappa shape index (κ3) is 5.07. The number of carbonyl (C=O) groups is 2. The molecule has 3 N–H and O–H groups in total. The Kier molecular flexibility index (Phi) is 5.66. The van der Waals surface area contributed by atoms with E-state index < -0.39 is 0 Å². The zero-order valence-electron chi connectivity index (χ0n) is 10.9. The first-order valence-corrected chi connectivity index (χ1v) is 7.85. The van der Waals surface area contributed by atoms with Crippen LogP contribution in [0.5, 0.6) is 0 Å². The number of nitrogens with one attached hydrogen (secondary N) is 3. The van der Waals surface area contributed by atoms with Crippen LogP contribution in [0.4, 0.5) is 10.5 Å². The molecule has 1 aliphatic heterocycles. The average Bonchev–Trinajstić information content (AvgIpc) is 2.85. The number of halogens is 1. The SMILES string of the molecule is O=C(CN1CCSC1=O)NNC(=S)Nc1ccc(Cl)cc1. The summed E-state index contributed by atoms with van der Waals surface area (Å²) in [5.41, 5.74) is 5.76. The van der Waals surface area contributed by atoms with E-state index in [-0.39, 0.29) is 22.8 Å². The predicted molar refractivity (Wildman–Crippen MR) is 88.4 cm³/mol. The summed E-state index contributed by atoms with van der Waals surface area (Å²) in [6.45, 7) is 0.604. The van der Waals surface area contributed by atoms with E-state index in [2.05, 4.69) is 16.2 Å². The number of amides is 2.